The Morgan fingerprint density at radius 2 is 1.92 bits per heavy atom. The van der Waals surface area contributed by atoms with Crippen molar-refractivity contribution in [2.75, 3.05) is 6.61 Å². The second-order valence-electron chi connectivity index (χ2n) is 2.43. The summed E-state index contributed by atoms with van der Waals surface area (Å²) in [6, 6.07) is 7.77. The molecular formula is C9H12N2O. The van der Waals surface area contributed by atoms with Crippen LogP contribution in [0.1, 0.15) is 12.5 Å². The van der Waals surface area contributed by atoms with E-state index < -0.39 is 0 Å². The van der Waals surface area contributed by atoms with Crippen molar-refractivity contribution in [1.82, 2.24) is 0 Å². The van der Waals surface area contributed by atoms with Crippen LogP contribution in [0.3, 0.4) is 0 Å². The molecule has 3 heteroatoms. The zero-order valence-corrected chi connectivity index (χ0v) is 7.32. The predicted octanol–water partition coefficient (Wildman–Crippen LogP) is 3.03. The molecule has 0 radical (unpaired) electrons. The van der Waals surface area contributed by atoms with E-state index >= 15 is 0 Å². The molecule has 64 valence electrons. The number of hydrogen-bond acceptors (Lipinski definition) is 3. The molecule has 0 atom stereocenters. The van der Waals surface area contributed by atoms with Crippen LogP contribution in [0.2, 0.25) is 0 Å². The lowest BCUT2D eigenvalue weighted by Crippen LogP contribution is -1.75. The van der Waals surface area contributed by atoms with Crippen molar-refractivity contribution in [2.24, 2.45) is 10.4 Å². The number of hydrogen-bond donors (Lipinski definition) is 0. The lowest BCUT2D eigenvalue weighted by Gasteiger charge is -1.92. The van der Waals surface area contributed by atoms with E-state index in [1.165, 1.54) is 5.56 Å². The van der Waals surface area contributed by atoms with Crippen molar-refractivity contribution in [1.29, 1.82) is 0 Å². The Morgan fingerprint density at radius 1 is 1.25 bits per heavy atom. The average Bonchev–Trinajstić information content (AvgIpc) is 2.09. The maximum absolute atomic E-state index is 4.73. The second kappa shape index (κ2) is 4.49. The number of aryl methyl sites for hydroxylation is 1. The van der Waals surface area contributed by atoms with E-state index in [2.05, 4.69) is 10.4 Å². The van der Waals surface area contributed by atoms with Crippen LogP contribution in [-0.2, 0) is 4.84 Å². The summed E-state index contributed by atoms with van der Waals surface area (Å²) in [6.07, 6.45) is 0. The Bertz CT molecular complexity index is 254. The smallest absolute Gasteiger partial charge is 0.116 e. The summed E-state index contributed by atoms with van der Waals surface area (Å²) in [5, 5.41) is 7.35. The molecule has 0 unspecified atom stereocenters. The van der Waals surface area contributed by atoms with Crippen molar-refractivity contribution < 1.29 is 4.84 Å². The summed E-state index contributed by atoms with van der Waals surface area (Å²) < 4.78 is 0. The van der Waals surface area contributed by atoms with Crippen molar-refractivity contribution in [3.05, 3.63) is 29.8 Å². The van der Waals surface area contributed by atoms with E-state index in [9.17, 15) is 0 Å². The Balaban J connectivity index is 2.58. The van der Waals surface area contributed by atoms with Gasteiger partial charge >= 0.3 is 0 Å². The quantitative estimate of drug-likeness (QED) is 0.499. The van der Waals surface area contributed by atoms with Gasteiger partial charge in [0.1, 0.15) is 6.61 Å². The van der Waals surface area contributed by atoms with Gasteiger partial charge in [0.25, 0.3) is 0 Å². The number of nitrogens with zero attached hydrogens (tertiary/aromatic N) is 2. The Hall–Kier alpha value is -1.38. The zero-order valence-electron chi connectivity index (χ0n) is 7.32. The molecule has 0 aliphatic heterocycles. The minimum absolute atomic E-state index is 0.551. The fourth-order valence-corrected chi connectivity index (χ4v) is 0.745. The summed E-state index contributed by atoms with van der Waals surface area (Å²) in [5.41, 5.74) is 2.03. The topological polar surface area (TPSA) is 34.0 Å². The first kappa shape index (κ1) is 8.71. The molecule has 0 fully saturated rings. The van der Waals surface area contributed by atoms with Gasteiger partial charge in [0.15, 0.2) is 0 Å². The van der Waals surface area contributed by atoms with Gasteiger partial charge in [0, 0.05) is 5.28 Å². The third kappa shape index (κ3) is 2.70. The van der Waals surface area contributed by atoms with Crippen LogP contribution in [0, 0.1) is 6.92 Å². The van der Waals surface area contributed by atoms with Gasteiger partial charge in [-0.15, -0.1) is 5.11 Å². The molecule has 0 bridgehead atoms. The summed E-state index contributed by atoms with van der Waals surface area (Å²) in [6.45, 7) is 4.45. The van der Waals surface area contributed by atoms with Crippen molar-refractivity contribution >= 4 is 5.69 Å². The van der Waals surface area contributed by atoms with Gasteiger partial charge in [0.2, 0.25) is 0 Å². The van der Waals surface area contributed by atoms with Crippen LogP contribution in [-0.4, -0.2) is 6.61 Å². The maximum atomic E-state index is 4.73. The van der Waals surface area contributed by atoms with Gasteiger partial charge in [-0.05, 0) is 26.0 Å². The average molecular weight is 164 g/mol. The van der Waals surface area contributed by atoms with Gasteiger partial charge in [-0.25, -0.2) is 0 Å². The highest BCUT2D eigenvalue weighted by atomic mass is 16.6. The van der Waals surface area contributed by atoms with Gasteiger partial charge in [-0.3, -0.25) is 0 Å². The Kier molecular flexibility index (Phi) is 3.26. The molecular weight excluding hydrogens is 152 g/mol. The highest BCUT2D eigenvalue weighted by molar-refractivity contribution is 5.37. The SMILES string of the molecule is CCON=Nc1ccc(C)cc1. The van der Waals surface area contributed by atoms with Crippen molar-refractivity contribution in [3.8, 4) is 0 Å². The second-order valence-corrected chi connectivity index (χ2v) is 2.43. The monoisotopic (exact) mass is 164 g/mol. The standard InChI is InChI=1S/C9H12N2O/c1-3-12-11-10-9-6-4-8(2)5-7-9/h4-7H,3H2,1-2H3. The van der Waals surface area contributed by atoms with Crippen LogP contribution in [0.5, 0.6) is 0 Å². The van der Waals surface area contributed by atoms with Gasteiger partial charge in [0.05, 0.1) is 5.69 Å². The van der Waals surface area contributed by atoms with E-state index in [0.717, 1.165) is 5.69 Å². The highest BCUT2D eigenvalue weighted by Crippen LogP contribution is 2.12. The highest BCUT2D eigenvalue weighted by Gasteiger charge is 1.87. The first-order chi connectivity index (χ1) is 5.83. The minimum Gasteiger partial charge on any atom is -0.380 e. The van der Waals surface area contributed by atoms with Gasteiger partial charge in [-0.2, -0.15) is 0 Å². The van der Waals surface area contributed by atoms with E-state index in [1.807, 2.05) is 38.1 Å². The Morgan fingerprint density at radius 3 is 2.50 bits per heavy atom. The minimum atomic E-state index is 0.551. The lowest BCUT2D eigenvalue weighted by molar-refractivity contribution is 0.139. The molecule has 0 saturated carbocycles. The number of rotatable bonds is 3. The molecule has 0 N–H and O–H groups in total. The van der Waals surface area contributed by atoms with Gasteiger partial charge in [-0.1, -0.05) is 17.7 Å². The molecule has 1 rings (SSSR count). The van der Waals surface area contributed by atoms with E-state index in [-0.39, 0.29) is 0 Å². The summed E-state index contributed by atoms with van der Waals surface area (Å²) >= 11 is 0. The molecule has 1 aromatic carbocycles. The maximum Gasteiger partial charge on any atom is 0.116 e. The van der Waals surface area contributed by atoms with E-state index in [0.29, 0.717) is 6.61 Å². The van der Waals surface area contributed by atoms with Crippen LogP contribution >= 0.6 is 0 Å². The normalized spacial score (nSPS) is 10.5. The van der Waals surface area contributed by atoms with Crippen LogP contribution < -0.4 is 0 Å². The molecule has 0 aromatic heterocycles. The van der Waals surface area contributed by atoms with Crippen molar-refractivity contribution in [3.63, 3.8) is 0 Å². The molecule has 0 aliphatic carbocycles. The predicted molar refractivity (Wildman–Crippen MR) is 47.3 cm³/mol. The van der Waals surface area contributed by atoms with Crippen molar-refractivity contribution in [2.45, 2.75) is 13.8 Å². The molecule has 0 aliphatic rings. The van der Waals surface area contributed by atoms with Gasteiger partial charge < -0.3 is 4.84 Å². The molecule has 0 heterocycles. The molecule has 12 heavy (non-hydrogen) atoms. The largest absolute Gasteiger partial charge is 0.380 e. The molecule has 0 saturated heterocycles. The summed E-state index contributed by atoms with van der Waals surface area (Å²) in [7, 11) is 0. The zero-order chi connectivity index (χ0) is 8.81. The fourth-order valence-electron chi connectivity index (χ4n) is 0.745. The first-order valence-corrected chi connectivity index (χ1v) is 3.92. The summed E-state index contributed by atoms with van der Waals surface area (Å²) in [5.74, 6) is 0. The molecule has 0 spiro atoms. The van der Waals surface area contributed by atoms with E-state index in [4.69, 9.17) is 4.84 Å². The summed E-state index contributed by atoms with van der Waals surface area (Å²) in [4.78, 5) is 4.73. The first-order valence-electron chi connectivity index (χ1n) is 3.92. The van der Waals surface area contributed by atoms with Crippen LogP contribution in [0.4, 0.5) is 5.69 Å². The van der Waals surface area contributed by atoms with Crippen LogP contribution in [0.15, 0.2) is 34.7 Å². The number of benzene rings is 1. The molecule has 3 nitrogen and oxygen atoms in total. The van der Waals surface area contributed by atoms with E-state index in [1.54, 1.807) is 0 Å². The third-order valence-electron chi connectivity index (χ3n) is 1.38. The molecule has 0 amide bonds. The Labute approximate surface area is 72.0 Å². The fraction of sp³-hybridized carbons (Fsp3) is 0.333. The van der Waals surface area contributed by atoms with Crippen LogP contribution in [0.25, 0.3) is 0 Å². The molecule has 1 aromatic rings. The lowest BCUT2D eigenvalue weighted by atomic mass is 10.2. The third-order valence-corrected chi connectivity index (χ3v) is 1.38.